The average Bonchev–Trinajstić information content (AvgIpc) is 3.15. The van der Waals surface area contributed by atoms with E-state index in [-0.39, 0.29) is 12.4 Å². The van der Waals surface area contributed by atoms with Gasteiger partial charge in [-0.15, -0.1) is 0 Å². The van der Waals surface area contributed by atoms with Crippen LogP contribution in [0.5, 0.6) is 5.75 Å². The van der Waals surface area contributed by atoms with Gasteiger partial charge in [0.05, 0.1) is 5.02 Å². The van der Waals surface area contributed by atoms with Crippen molar-refractivity contribution < 1.29 is 13.9 Å². The zero-order chi connectivity index (χ0) is 20.1. The molecule has 1 aromatic heterocycles. The molecule has 0 saturated carbocycles. The lowest BCUT2D eigenvalue weighted by Gasteiger charge is -2.07. The first-order valence-corrected chi connectivity index (χ1v) is 9.67. The second-order valence-corrected chi connectivity index (χ2v) is 7.40. The standard InChI is InChI=1S/C23H20Cl2O3/c1-15(2)16-6-8-17(9-7-16)21(26)13-12-18-10-11-19(28-18)14-27-22-5-3-4-20(24)23(22)25/h3-13,15H,14H2,1-2H3/b13-12+. The van der Waals surface area contributed by atoms with Crippen molar-refractivity contribution in [3.8, 4) is 5.75 Å². The van der Waals surface area contributed by atoms with Crippen LogP contribution in [0.2, 0.25) is 10.0 Å². The van der Waals surface area contributed by atoms with Gasteiger partial charge in [-0.05, 0) is 47.9 Å². The van der Waals surface area contributed by atoms with E-state index in [0.29, 0.717) is 38.8 Å². The van der Waals surface area contributed by atoms with Crippen molar-refractivity contribution >= 4 is 35.1 Å². The van der Waals surface area contributed by atoms with E-state index in [1.165, 1.54) is 11.6 Å². The first-order chi connectivity index (χ1) is 13.4. The van der Waals surface area contributed by atoms with E-state index in [1.54, 1.807) is 36.4 Å². The van der Waals surface area contributed by atoms with Crippen molar-refractivity contribution in [1.29, 1.82) is 0 Å². The molecule has 3 rings (SSSR count). The Labute approximate surface area is 174 Å². The first-order valence-electron chi connectivity index (χ1n) is 8.92. The quantitative estimate of drug-likeness (QED) is 0.303. The molecule has 0 spiro atoms. The maximum Gasteiger partial charge on any atom is 0.185 e. The molecule has 1 heterocycles. The smallest absolute Gasteiger partial charge is 0.185 e. The molecule has 0 amide bonds. The Kier molecular flexibility index (Phi) is 6.61. The molecular formula is C23H20Cl2O3. The number of ketones is 1. The second-order valence-electron chi connectivity index (χ2n) is 6.62. The van der Waals surface area contributed by atoms with Crippen molar-refractivity contribution in [1.82, 2.24) is 0 Å². The number of hydrogen-bond donors (Lipinski definition) is 0. The summed E-state index contributed by atoms with van der Waals surface area (Å²) in [5, 5.41) is 0.798. The average molecular weight is 415 g/mol. The highest BCUT2D eigenvalue weighted by Gasteiger charge is 2.08. The fraction of sp³-hybridized carbons (Fsp3) is 0.174. The molecule has 0 N–H and O–H groups in total. The number of halogens is 2. The summed E-state index contributed by atoms with van der Waals surface area (Å²) >= 11 is 12.1. The number of benzene rings is 2. The highest BCUT2D eigenvalue weighted by Crippen LogP contribution is 2.32. The Morgan fingerprint density at radius 2 is 1.82 bits per heavy atom. The largest absolute Gasteiger partial charge is 0.484 e. The molecule has 0 fully saturated rings. The highest BCUT2D eigenvalue weighted by molar-refractivity contribution is 6.42. The number of carbonyl (C=O) groups excluding carboxylic acids is 1. The molecule has 0 radical (unpaired) electrons. The molecule has 0 aliphatic heterocycles. The lowest BCUT2D eigenvalue weighted by molar-refractivity contribution is 0.104. The third-order valence-corrected chi connectivity index (χ3v) is 5.03. The zero-order valence-corrected chi connectivity index (χ0v) is 17.1. The van der Waals surface area contributed by atoms with Crippen LogP contribution in [0.15, 0.2) is 65.1 Å². The van der Waals surface area contributed by atoms with Gasteiger partial charge in [-0.1, -0.05) is 67.4 Å². The Bertz CT molecular complexity index is 985. The topological polar surface area (TPSA) is 39.4 Å². The van der Waals surface area contributed by atoms with Gasteiger partial charge in [0, 0.05) is 5.56 Å². The summed E-state index contributed by atoms with van der Waals surface area (Å²) in [6, 6.07) is 16.4. The predicted molar refractivity (Wildman–Crippen MR) is 113 cm³/mol. The summed E-state index contributed by atoms with van der Waals surface area (Å²) in [5.41, 5.74) is 1.85. The Morgan fingerprint density at radius 3 is 2.54 bits per heavy atom. The molecule has 0 bridgehead atoms. The molecule has 0 saturated heterocycles. The van der Waals surface area contributed by atoms with Gasteiger partial charge in [-0.2, -0.15) is 0 Å². The molecule has 3 nitrogen and oxygen atoms in total. The molecule has 144 valence electrons. The molecule has 0 atom stereocenters. The Hall–Kier alpha value is -2.49. The highest BCUT2D eigenvalue weighted by atomic mass is 35.5. The van der Waals surface area contributed by atoms with E-state index in [2.05, 4.69) is 13.8 Å². The summed E-state index contributed by atoms with van der Waals surface area (Å²) in [6.07, 6.45) is 3.15. The zero-order valence-electron chi connectivity index (χ0n) is 15.6. The molecule has 5 heteroatoms. The van der Waals surface area contributed by atoms with Gasteiger partial charge in [0.1, 0.15) is 28.9 Å². The number of furan rings is 1. The van der Waals surface area contributed by atoms with E-state index in [1.807, 2.05) is 24.3 Å². The molecular weight excluding hydrogens is 395 g/mol. The van der Waals surface area contributed by atoms with Crippen LogP contribution in [0, 0.1) is 0 Å². The lowest BCUT2D eigenvalue weighted by Crippen LogP contribution is -1.95. The lowest BCUT2D eigenvalue weighted by atomic mass is 10.0. The molecule has 0 aliphatic carbocycles. The normalized spacial score (nSPS) is 11.3. The van der Waals surface area contributed by atoms with Crippen molar-refractivity contribution in [2.24, 2.45) is 0 Å². The summed E-state index contributed by atoms with van der Waals surface area (Å²) in [7, 11) is 0. The minimum atomic E-state index is -0.0739. The van der Waals surface area contributed by atoms with Gasteiger partial charge in [-0.3, -0.25) is 4.79 Å². The van der Waals surface area contributed by atoms with E-state index in [0.717, 1.165) is 0 Å². The summed E-state index contributed by atoms with van der Waals surface area (Å²) < 4.78 is 11.3. The number of carbonyl (C=O) groups is 1. The Morgan fingerprint density at radius 1 is 1.07 bits per heavy atom. The second kappa shape index (κ2) is 9.13. The van der Waals surface area contributed by atoms with Crippen LogP contribution in [0.3, 0.4) is 0 Å². The molecule has 0 unspecified atom stereocenters. The number of rotatable bonds is 7. The van der Waals surface area contributed by atoms with Crippen LogP contribution >= 0.6 is 23.2 Å². The number of allylic oxidation sites excluding steroid dienone is 1. The molecule has 28 heavy (non-hydrogen) atoms. The van der Waals surface area contributed by atoms with Crippen LogP contribution in [0.25, 0.3) is 6.08 Å². The van der Waals surface area contributed by atoms with Gasteiger partial charge >= 0.3 is 0 Å². The minimum absolute atomic E-state index is 0.0739. The first kappa shape index (κ1) is 20.2. The van der Waals surface area contributed by atoms with E-state index in [9.17, 15) is 4.79 Å². The van der Waals surface area contributed by atoms with Gasteiger partial charge in [-0.25, -0.2) is 0 Å². The van der Waals surface area contributed by atoms with Crippen molar-refractivity contribution in [3.63, 3.8) is 0 Å². The van der Waals surface area contributed by atoms with Crippen LogP contribution in [-0.4, -0.2) is 5.78 Å². The summed E-state index contributed by atoms with van der Waals surface area (Å²) in [5.74, 6) is 2.04. The third-order valence-electron chi connectivity index (χ3n) is 4.23. The van der Waals surface area contributed by atoms with Crippen LogP contribution < -0.4 is 4.74 Å². The van der Waals surface area contributed by atoms with E-state index in [4.69, 9.17) is 32.4 Å². The fourth-order valence-electron chi connectivity index (χ4n) is 2.59. The fourth-order valence-corrected chi connectivity index (χ4v) is 2.94. The van der Waals surface area contributed by atoms with Gasteiger partial charge in [0.15, 0.2) is 5.78 Å². The molecule has 2 aromatic carbocycles. The predicted octanol–water partition coefficient (Wildman–Crippen LogP) is 7.18. The van der Waals surface area contributed by atoms with E-state index < -0.39 is 0 Å². The van der Waals surface area contributed by atoms with Crippen molar-refractivity contribution in [3.05, 3.63) is 93.4 Å². The monoisotopic (exact) mass is 414 g/mol. The maximum absolute atomic E-state index is 12.3. The molecule has 3 aromatic rings. The Balaban J connectivity index is 1.60. The van der Waals surface area contributed by atoms with Gasteiger partial charge in [0.2, 0.25) is 0 Å². The van der Waals surface area contributed by atoms with Gasteiger partial charge in [0.25, 0.3) is 0 Å². The van der Waals surface area contributed by atoms with Crippen molar-refractivity contribution in [2.45, 2.75) is 26.4 Å². The van der Waals surface area contributed by atoms with E-state index >= 15 is 0 Å². The third kappa shape index (κ3) is 5.06. The summed E-state index contributed by atoms with van der Waals surface area (Å²) in [6.45, 7) is 4.45. The van der Waals surface area contributed by atoms with Crippen molar-refractivity contribution in [2.75, 3.05) is 0 Å². The number of ether oxygens (including phenoxy) is 1. The minimum Gasteiger partial charge on any atom is -0.484 e. The SMILES string of the molecule is CC(C)c1ccc(C(=O)/C=C/c2ccc(COc3cccc(Cl)c3Cl)o2)cc1. The van der Waals surface area contributed by atoms with Crippen LogP contribution in [0.4, 0.5) is 0 Å². The summed E-state index contributed by atoms with van der Waals surface area (Å²) in [4.78, 5) is 12.3. The molecule has 0 aliphatic rings. The van der Waals surface area contributed by atoms with Crippen LogP contribution in [0.1, 0.15) is 47.2 Å². The van der Waals surface area contributed by atoms with Gasteiger partial charge < -0.3 is 9.15 Å². The van der Waals surface area contributed by atoms with Crippen LogP contribution in [-0.2, 0) is 6.61 Å². The number of hydrogen-bond acceptors (Lipinski definition) is 3. The maximum atomic E-state index is 12.3.